The molecule has 0 saturated heterocycles. The lowest BCUT2D eigenvalue weighted by Gasteiger charge is -2.29. The van der Waals surface area contributed by atoms with E-state index in [4.69, 9.17) is 9.47 Å². The zero-order valence-electron chi connectivity index (χ0n) is 13.5. The van der Waals surface area contributed by atoms with Crippen LogP contribution in [0.5, 0.6) is 5.75 Å². The van der Waals surface area contributed by atoms with Crippen molar-refractivity contribution in [3.05, 3.63) is 34.3 Å². The van der Waals surface area contributed by atoms with E-state index in [0.717, 1.165) is 22.2 Å². The smallest absolute Gasteiger partial charge is 0.410 e. The van der Waals surface area contributed by atoms with Gasteiger partial charge in [0.2, 0.25) is 0 Å². The Morgan fingerprint density at radius 1 is 1.32 bits per heavy atom. The van der Waals surface area contributed by atoms with Crippen LogP contribution in [-0.4, -0.2) is 36.8 Å². The standard InChI is InChI=1S/C17H22BrNO3/c1-17(2,3)22-16(20)19-9-7-12(8-10-19)13-5-6-14(18)15(11-13)21-4/h5-7,11H,8-10H2,1-4H3. The van der Waals surface area contributed by atoms with Crippen LogP contribution in [0.25, 0.3) is 5.57 Å². The summed E-state index contributed by atoms with van der Waals surface area (Å²) in [5, 5.41) is 0. The van der Waals surface area contributed by atoms with E-state index in [0.29, 0.717) is 13.1 Å². The second-order valence-electron chi connectivity index (χ2n) is 6.26. The van der Waals surface area contributed by atoms with Crippen LogP contribution in [0.1, 0.15) is 32.8 Å². The molecule has 0 fully saturated rings. The van der Waals surface area contributed by atoms with E-state index >= 15 is 0 Å². The number of rotatable bonds is 2. The predicted molar refractivity (Wildman–Crippen MR) is 91.1 cm³/mol. The first-order chi connectivity index (χ1) is 10.3. The van der Waals surface area contributed by atoms with Crippen LogP contribution in [0.2, 0.25) is 0 Å². The fourth-order valence-electron chi connectivity index (χ4n) is 2.28. The monoisotopic (exact) mass is 367 g/mol. The van der Waals surface area contributed by atoms with Crippen LogP contribution in [0.3, 0.4) is 0 Å². The number of carbonyl (C=O) groups is 1. The van der Waals surface area contributed by atoms with E-state index < -0.39 is 5.60 Å². The van der Waals surface area contributed by atoms with Crippen LogP contribution in [0.15, 0.2) is 28.7 Å². The Balaban J connectivity index is 2.07. The molecule has 1 heterocycles. The minimum atomic E-state index is -0.458. The molecule has 1 aliphatic rings. The molecule has 5 heteroatoms. The lowest BCUT2D eigenvalue weighted by atomic mass is 9.99. The molecule has 0 aromatic heterocycles. The average Bonchev–Trinajstić information content (AvgIpc) is 2.46. The molecular weight excluding hydrogens is 346 g/mol. The molecular formula is C17H22BrNO3. The van der Waals surface area contributed by atoms with Crippen molar-refractivity contribution in [2.45, 2.75) is 32.8 Å². The van der Waals surface area contributed by atoms with E-state index in [9.17, 15) is 4.79 Å². The highest BCUT2D eigenvalue weighted by Gasteiger charge is 2.24. The van der Waals surface area contributed by atoms with Gasteiger partial charge < -0.3 is 14.4 Å². The Morgan fingerprint density at radius 2 is 2.05 bits per heavy atom. The van der Waals surface area contributed by atoms with Gasteiger partial charge in [0.15, 0.2) is 0 Å². The summed E-state index contributed by atoms with van der Waals surface area (Å²) in [7, 11) is 1.66. The molecule has 0 saturated carbocycles. The van der Waals surface area contributed by atoms with E-state index in [1.165, 1.54) is 5.57 Å². The van der Waals surface area contributed by atoms with Gasteiger partial charge in [0.1, 0.15) is 11.4 Å². The number of ether oxygens (including phenoxy) is 2. The number of hydrogen-bond donors (Lipinski definition) is 0. The maximum atomic E-state index is 12.1. The number of nitrogens with zero attached hydrogens (tertiary/aromatic N) is 1. The Labute approximate surface area is 140 Å². The first-order valence-electron chi connectivity index (χ1n) is 7.31. The summed E-state index contributed by atoms with van der Waals surface area (Å²) in [4.78, 5) is 13.8. The van der Waals surface area contributed by atoms with Crippen molar-refractivity contribution in [3.63, 3.8) is 0 Å². The maximum absolute atomic E-state index is 12.1. The van der Waals surface area contributed by atoms with Crippen molar-refractivity contribution in [3.8, 4) is 5.75 Å². The first-order valence-corrected chi connectivity index (χ1v) is 8.10. The van der Waals surface area contributed by atoms with Crippen molar-refractivity contribution in [2.75, 3.05) is 20.2 Å². The van der Waals surface area contributed by atoms with Crippen LogP contribution >= 0.6 is 15.9 Å². The van der Waals surface area contributed by atoms with Crippen LogP contribution < -0.4 is 4.74 Å². The van der Waals surface area contributed by atoms with Gasteiger partial charge in [-0.2, -0.15) is 0 Å². The molecule has 0 radical (unpaired) electrons. The second kappa shape index (κ2) is 6.73. The summed E-state index contributed by atoms with van der Waals surface area (Å²) in [5.74, 6) is 0.813. The van der Waals surface area contributed by atoms with E-state index in [1.54, 1.807) is 12.0 Å². The molecule has 0 aliphatic carbocycles. The third-order valence-corrected chi connectivity index (χ3v) is 4.04. The Morgan fingerprint density at radius 3 is 2.59 bits per heavy atom. The van der Waals surface area contributed by atoms with Gasteiger partial charge in [-0.25, -0.2) is 4.79 Å². The van der Waals surface area contributed by atoms with E-state index in [2.05, 4.69) is 28.1 Å². The SMILES string of the molecule is COc1cc(C2=CCN(C(=O)OC(C)(C)C)CC2)ccc1Br. The van der Waals surface area contributed by atoms with Gasteiger partial charge in [-0.05, 0) is 66.4 Å². The lowest BCUT2D eigenvalue weighted by Crippen LogP contribution is -2.39. The van der Waals surface area contributed by atoms with Crippen LogP contribution in [0.4, 0.5) is 4.79 Å². The fourth-order valence-corrected chi connectivity index (χ4v) is 2.69. The third kappa shape index (κ3) is 4.26. The lowest BCUT2D eigenvalue weighted by molar-refractivity contribution is 0.0270. The second-order valence-corrected chi connectivity index (χ2v) is 7.11. The summed E-state index contributed by atoms with van der Waals surface area (Å²) in [6, 6.07) is 6.05. The minimum Gasteiger partial charge on any atom is -0.496 e. The molecule has 1 aromatic carbocycles. The number of benzene rings is 1. The van der Waals surface area contributed by atoms with Gasteiger partial charge in [-0.1, -0.05) is 12.1 Å². The van der Waals surface area contributed by atoms with Gasteiger partial charge in [0.05, 0.1) is 11.6 Å². The molecule has 0 N–H and O–H groups in total. The average molecular weight is 368 g/mol. The first kappa shape index (κ1) is 16.9. The largest absolute Gasteiger partial charge is 0.496 e. The molecule has 2 rings (SSSR count). The third-order valence-electron chi connectivity index (χ3n) is 3.38. The number of carbonyl (C=O) groups excluding carboxylic acids is 1. The molecule has 1 amide bonds. The van der Waals surface area contributed by atoms with Crippen molar-refractivity contribution in [2.24, 2.45) is 0 Å². The van der Waals surface area contributed by atoms with Gasteiger partial charge >= 0.3 is 6.09 Å². The Bertz CT molecular complexity index is 590. The maximum Gasteiger partial charge on any atom is 0.410 e. The molecule has 0 unspecified atom stereocenters. The van der Waals surface area contributed by atoms with Gasteiger partial charge in [-0.3, -0.25) is 0 Å². The highest BCUT2D eigenvalue weighted by Crippen LogP contribution is 2.31. The quantitative estimate of drug-likeness (QED) is 0.773. The summed E-state index contributed by atoms with van der Waals surface area (Å²) in [5.41, 5.74) is 1.90. The molecule has 1 aromatic rings. The molecule has 0 bridgehead atoms. The Hall–Kier alpha value is -1.49. The highest BCUT2D eigenvalue weighted by atomic mass is 79.9. The normalized spacial score (nSPS) is 15.3. The molecule has 0 atom stereocenters. The Kier molecular flexibility index (Phi) is 5.16. The van der Waals surface area contributed by atoms with Gasteiger partial charge in [0, 0.05) is 13.1 Å². The zero-order valence-corrected chi connectivity index (χ0v) is 15.1. The van der Waals surface area contributed by atoms with Crippen LogP contribution in [-0.2, 0) is 4.74 Å². The van der Waals surface area contributed by atoms with Gasteiger partial charge in [-0.15, -0.1) is 0 Å². The highest BCUT2D eigenvalue weighted by molar-refractivity contribution is 9.10. The zero-order chi connectivity index (χ0) is 16.3. The van der Waals surface area contributed by atoms with Crippen molar-refractivity contribution in [1.29, 1.82) is 0 Å². The van der Waals surface area contributed by atoms with E-state index in [1.807, 2.05) is 32.9 Å². The van der Waals surface area contributed by atoms with E-state index in [-0.39, 0.29) is 6.09 Å². The summed E-state index contributed by atoms with van der Waals surface area (Å²) in [6.07, 6.45) is 2.64. The number of amides is 1. The molecule has 4 nitrogen and oxygen atoms in total. The molecule has 22 heavy (non-hydrogen) atoms. The molecule has 1 aliphatic heterocycles. The number of hydrogen-bond acceptors (Lipinski definition) is 3. The minimum absolute atomic E-state index is 0.254. The number of methoxy groups -OCH3 is 1. The van der Waals surface area contributed by atoms with Crippen LogP contribution in [0, 0.1) is 0 Å². The molecule has 0 spiro atoms. The summed E-state index contributed by atoms with van der Waals surface area (Å²) < 4.78 is 11.7. The van der Waals surface area contributed by atoms with Crippen molar-refractivity contribution >= 4 is 27.6 Å². The van der Waals surface area contributed by atoms with Gasteiger partial charge in [0.25, 0.3) is 0 Å². The number of halogens is 1. The predicted octanol–water partition coefficient (Wildman–Crippen LogP) is 4.48. The fraction of sp³-hybridized carbons (Fsp3) is 0.471. The summed E-state index contributed by atoms with van der Waals surface area (Å²) in [6.45, 7) is 6.88. The topological polar surface area (TPSA) is 38.8 Å². The van der Waals surface area contributed by atoms with Crippen molar-refractivity contribution < 1.29 is 14.3 Å². The van der Waals surface area contributed by atoms with Crippen molar-refractivity contribution in [1.82, 2.24) is 4.90 Å². The molecule has 120 valence electrons. The summed E-state index contributed by atoms with van der Waals surface area (Å²) >= 11 is 3.46.